The molecule has 0 radical (unpaired) electrons. The fourth-order valence-corrected chi connectivity index (χ4v) is 1.78. The molecule has 0 saturated carbocycles. The van der Waals surface area contributed by atoms with Gasteiger partial charge in [0.2, 0.25) is 6.41 Å². The molecule has 0 fully saturated rings. The highest BCUT2D eigenvalue weighted by Gasteiger charge is 2.30. The van der Waals surface area contributed by atoms with Crippen LogP contribution in [0.15, 0.2) is 18.2 Å². The van der Waals surface area contributed by atoms with Crippen LogP contribution in [0.1, 0.15) is 25.5 Å². The summed E-state index contributed by atoms with van der Waals surface area (Å²) in [4.78, 5) is 23.2. The molecule has 0 aliphatic carbocycles. The first-order valence-corrected chi connectivity index (χ1v) is 5.66. The van der Waals surface area contributed by atoms with Crippen molar-refractivity contribution in [2.24, 2.45) is 0 Å². The minimum atomic E-state index is -1.36. The highest BCUT2D eigenvalue weighted by atomic mass is 35.5. The molecule has 0 aromatic heterocycles. The number of rotatable bonds is 5. The van der Waals surface area contributed by atoms with E-state index in [2.05, 4.69) is 0 Å². The van der Waals surface area contributed by atoms with Gasteiger partial charge in [-0.1, -0.05) is 17.7 Å². The maximum atomic E-state index is 13.7. The summed E-state index contributed by atoms with van der Waals surface area (Å²) in [5, 5.41) is 9.34. The number of hydrogen-bond acceptors (Lipinski definition) is 2. The second-order valence-electron chi connectivity index (χ2n) is 4.05. The number of carboxylic acids is 1. The van der Waals surface area contributed by atoms with Crippen LogP contribution in [0, 0.1) is 5.82 Å². The van der Waals surface area contributed by atoms with Gasteiger partial charge in [0.1, 0.15) is 5.82 Å². The smallest absolute Gasteiger partial charge is 0.331 e. The highest BCUT2D eigenvalue weighted by molar-refractivity contribution is 6.30. The Balaban J connectivity index is 3.27. The summed E-state index contributed by atoms with van der Waals surface area (Å²) in [6.45, 7) is 3.30. The van der Waals surface area contributed by atoms with E-state index in [1.807, 2.05) is 0 Å². The SMILES string of the molecule is CC(C)N(C=O)C(C(=O)O)c1ccc(Cl)cc1F. The lowest BCUT2D eigenvalue weighted by Crippen LogP contribution is -2.38. The van der Waals surface area contributed by atoms with E-state index < -0.39 is 17.8 Å². The lowest BCUT2D eigenvalue weighted by molar-refractivity contribution is -0.148. The van der Waals surface area contributed by atoms with E-state index in [1.54, 1.807) is 13.8 Å². The van der Waals surface area contributed by atoms with Gasteiger partial charge < -0.3 is 10.0 Å². The van der Waals surface area contributed by atoms with Crippen molar-refractivity contribution in [2.75, 3.05) is 0 Å². The molecule has 0 saturated heterocycles. The maximum Gasteiger partial charge on any atom is 0.331 e. The predicted octanol–water partition coefficient (Wildman–Crippen LogP) is 2.47. The summed E-state index contributed by atoms with van der Waals surface area (Å²) in [6.07, 6.45) is 0.400. The van der Waals surface area contributed by atoms with E-state index in [1.165, 1.54) is 12.1 Å². The average Bonchev–Trinajstić information content (AvgIpc) is 2.26. The summed E-state index contributed by atoms with van der Waals surface area (Å²) in [7, 11) is 0. The minimum absolute atomic E-state index is 0.0901. The lowest BCUT2D eigenvalue weighted by atomic mass is 10.0. The van der Waals surface area contributed by atoms with Crippen molar-refractivity contribution in [3.05, 3.63) is 34.6 Å². The quantitative estimate of drug-likeness (QED) is 0.839. The van der Waals surface area contributed by atoms with Gasteiger partial charge in [0, 0.05) is 16.6 Å². The van der Waals surface area contributed by atoms with Gasteiger partial charge in [0.15, 0.2) is 6.04 Å². The van der Waals surface area contributed by atoms with Crippen LogP contribution in [-0.4, -0.2) is 28.4 Å². The molecular weight excluding hydrogens is 261 g/mol. The first-order valence-electron chi connectivity index (χ1n) is 5.29. The number of carbonyl (C=O) groups is 2. The molecule has 0 aliphatic rings. The Kier molecular flexibility index (Phi) is 4.67. The average molecular weight is 274 g/mol. The standard InChI is InChI=1S/C12H13ClFNO3/c1-7(2)15(6-16)11(12(17)18)9-4-3-8(13)5-10(9)14/h3-7,11H,1-2H3,(H,17,18). The Bertz CT molecular complexity index is 465. The van der Waals surface area contributed by atoms with Crippen molar-refractivity contribution in [1.82, 2.24) is 4.90 Å². The summed E-state index contributed by atoms with van der Waals surface area (Å²) in [5.41, 5.74) is -0.0901. The van der Waals surface area contributed by atoms with Gasteiger partial charge in [-0.2, -0.15) is 0 Å². The Morgan fingerprint density at radius 3 is 2.50 bits per heavy atom. The molecule has 0 bridgehead atoms. The van der Waals surface area contributed by atoms with Crippen molar-refractivity contribution >= 4 is 24.0 Å². The third-order valence-electron chi connectivity index (χ3n) is 2.51. The topological polar surface area (TPSA) is 57.6 Å². The Labute approximate surface area is 109 Å². The zero-order valence-electron chi connectivity index (χ0n) is 9.93. The molecule has 1 unspecified atom stereocenters. The fourth-order valence-electron chi connectivity index (χ4n) is 1.63. The molecule has 6 heteroatoms. The van der Waals surface area contributed by atoms with Crippen LogP contribution in [0.3, 0.4) is 0 Å². The number of amides is 1. The second kappa shape index (κ2) is 5.82. The van der Waals surface area contributed by atoms with Crippen LogP contribution in [0.4, 0.5) is 4.39 Å². The molecule has 0 spiro atoms. The molecule has 1 aromatic rings. The van der Waals surface area contributed by atoms with Gasteiger partial charge in [0.25, 0.3) is 0 Å². The summed E-state index contributed by atoms with van der Waals surface area (Å²) >= 11 is 5.61. The van der Waals surface area contributed by atoms with E-state index in [0.29, 0.717) is 6.41 Å². The van der Waals surface area contributed by atoms with Gasteiger partial charge in [0.05, 0.1) is 0 Å². The molecule has 0 aliphatic heterocycles. The number of benzene rings is 1. The number of hydrogen-bond donors (Lipinski definition) is 1. The van der Waals surface area contributed by atoms with Crippen molar-refractivity contribution in [3.63, 3.8) is 0 Å². The Morgan fingerprint density at radius 1 is 1.50 bits per heavy atom. The molecule has 98 valence electrons. The van der Waals surface area contributed by atoms with Gasteiger partial charge in [-0.3, -0.25) is 4.79 Å². The number of aliphatic carboxylic acids is 1. The van der Waals surface area contributed by atoms with Crippen LogP contribution in [0.5, 0.6) is 0 Å². The van der Waals surface area contributed by atoms with Crippen LogP contribution in [0.2, 0.25) is 5.02 Å². The Hall–Kier alpha value is -1.62. The monoisotopic (exact) mass is 273 g/mol. The number of carbonyl (C=O) groups excluding carboxylic acids is 1. The van der Waals surface area contributed by atoms with Crippen LogP contribution < -0.4 is 0 Å². The molecule has 4 nitrogen and oxygen atoms in total. The maximum absolute atomic E-state index is 13.7. The zero-order chi connectivity index (χ0) is 13.9. The van der Waals surface area contributed by atoms with Crippen LogP contribution >= 0.6 is 11.6 Å². The van der Waals surface area contributed by atoms with E-state index in [-0.39, 0.29) is 16.6 Å². The minimum Gasteiger partial charge on any atom is -0.479 e. The molecule has 1 rings (SSSR count). The second-order valence-corrected chi connectivity index (χ2v) is 4.49. The van der Waals surface area contributed by atoms with Crippen molar-refractivity contribution in [1.29, 1.82) is 0 Å². The summed E-state index contributed by atoms with van der Waals surface area (Å²) in [5.74, 6) is -2.04. The van der Waals surface area contributed by atoms with Crippen molar-refractivity contribution in [3.8, 4) is 0 Å². The number of halogens is 2. The fraction of sp³-hybridized carbons (Fsp3) is 0.333. The molecule has 1 amide bonds. The van der Waals surface area contributed by atoms with Gasteiger partial charge in [-0.25, -0.2) is 9.18 Å². The number of carboxylic acid groups (broad SMARTS) is 1. The first kappa shape index (κ1) is 14.4. The Morgan fingerprint density at radius 2 is 2.11 bits per heavy atom. The van der Waals surface area contributed by atoms with Crippen molar-refractivity contribution < 1.29 is 19.1 Å². The van der Waals surface area contributed by atoms with E-state index >= 15 is 0 Å². The zero-order valence-corrected chi connectivity index (χ0v) is 10.7. The van der Waals surface area contributed by atoms with E-state index in [9.17, 15) is 19.1 Å². The molecule has 0 heterocycles. The van der Waals surface area contributed by atoms with E-state index in [4.69, 9.17) is 11.6 Å². The van der Waals surface area contributed by atoms with Crippen LogP contribution in [0.25, 0.3) is 0 Å². The third-order valence-corrected chi connectivity index (χ3v) is 2.74. The molecule has 18 heavy (non-hydrogen) atoms. The van der Waals surface area contributed by atoms with E-state index in [0.717, 1.165) is 11.0 Å². The number of nitrogens with zero attached hydrogens (tertiary/aromatic N) is 1. The predicted molar refractivity (Wildman–Crippen MR) is 64.8 cm³/mol. The molecule has 1 atom stereocenters. The van der Waals surface area contributed by atoms with Crippen molar-refractivity contribution in [2.45, 2.75) is 25.9 Å². The summed E-state index contributed by atoms with van der Waals surface area (Å²) in [6, 6.07) is 1.96. The van der Waals surface area contributed by atoms with Gasteiger partial charge in [-0.05, 0) is 26.0 Å². The molecule has 1 N–H and O–H groups in total. The first-order chi connectivity index (χ1) is 8.38. The normalized spacial score (nSPS) is 12.3. The largest absolute Gasteiger partial charge is 0.479 e. The third kappa shape index (κ3) is 2.98. The summed E-state index contributed by atoms with van der Waals surface area (Å²) < 4.78 is 13.7. The molecule has 1 aromatic carbocycles. The lowest BCUT2D eigenvalue weighted by Gasteiger charge is -2.29. The van der Waals surface area contributed by atoms with Gasteiger partial charge >= 0.3 is 5.97 Å². The van der Waals surface area contributed by atoms with Gasteiger partial charge in [-0.15, -0.1) is 0 Å². The highest BCUT2D eigenvalue weighted by Crippen LogP contribution is 2.26. The van der Waals surface area contributed by atoms with Crippen LogP contribution in [-0.2, 0) is 9.59 Å². The molecular formula is C12H13ClFNO3.